The summed E-state index contributed by atoms with van der Waals surface area (Å²) in [6.45, 7) is 11.7. The Labute approximate surface area is 153 Å². The zero-order chi connectivity index (χ0) is 19.2. The Bertz CT molecular complexity index is 984. The zero-order valence-corrected chi connectivity index (χ0v) is 16.1. The zero-order valence-electron chi connectivity index (χ0n) is 16.1. The first-order valence-electron chi connectivity index (χ1n) is 8.65. The third-order valence-electron chi connectivity index (χ3n) is 5.06. The van der Waals surface area contributed by atoms with Gasteiger partial charge in [-0.3, -0.25) is 0 Å². The maximum absolute atomic E-state index is 12.4. The minimum Gasteiger partial charge on any atom is -0.386 e. The number of nitrogens with zero attached hydrogens (tertiary/aromatic N) is 1. The van der Waals surface area contributed by atoms with E-state index < -0.39 is 11.9 Å². The van der Waals surface area contributed by atoms with Gasteiger partial charge in [0.25, 0.3) is 0 Å². The summed E-state index contributed by atoms with van der Waals surface area (Å²) in [5, 5.41) is 0. The number of esters is 2. The summed E-state index contributed by atoms with van der Waals surface area (Å²) in [6.07, 6.45) is 0. The monoisotopic (exact) mass is 349 g/mol. The van der Waals surface area contributed by atoms with Crippen molar-refractivity contribution in [1.29, 1.82) is 0 Å². The molecule has 0 spiro atoms. The summed E-state index contributed by atoms with van der Waals surface area (Å²) in [7, 11) is 0. The van der Waals surface area contributed by atoms with Crippen LogP contribution < -0.4 is 0 Å². The van der Waals surface area contributed by atoms with Crippen molar-refractivity contribution in [2.75, 3.05) is 0 Å². The van der Waals surface area contributed by atoms with Crippen LogP contribution in [0.5, 0.6) is 0 Å². The molecule has 0 amide bonds. The Balaban J connectivity index is 2.30. The van der Waals surface area contributed by atoms with Crippen LogP contribution in [0.2, 0.25) is 0 Å². The van der Waals surface area contributed by atoms with Crippen molar-refractivity contribution in [1.82, 2.24) is 4.57 Å². The van der Waals surface area contributed by atoms with Crippen LogP contribution in [0.3, 0.4) is 0 Å². The van der Waals surface area contributed by atoms with Gasteiger partial charge in [-0.1, -0.05) is 23.8 Å². The van der Waals surface area contributed by atoms with Gasteiger partial charge in [0.05, 0.1) is 11.1 Å². The van der Waals surface area contributed by atoms with Crippen LogP contribution in [0.25, 0.3) is 11.3 Å². The van der Waals surface area contributed by atoms with Crippen molar-refractivity contribution >= 4 is 17.5 Å². The van der Waals surface area contributed by atoms with Gasteiger partial charge in [0, 0.05) is 22.6 Å². The Morgan fingerprint density at radius 2 is 1.42 bits per heavy atom. The number of hydrogen-bond donors (Lipinski definition) is 0. The molecule has 134 valence electrons. The van der Waals surface area contributed by atoms with E-state index in [1.54, 1.807) is 0 Å². The Morgan fingerprint density at radius 3 is 2.00 bits per heavy atom. The van der Waals surface area contributed by atoms with E-state index in [0.717, 1.165) is 39.3 Å². The SMILES string of the molecule is CC(C)=C1C(=O)OC(=O)/C1=C(\C)c1c(C)c(C)n(-c2ccccc2)c1C. The van der Waals surface area contributed by atoms with E-state index >= 15 is 0 Å². The van der Waals surface area contributed by atoms with Gasteiger partial charge in [-0.05, 0) is 64.8 Å². The molecule has 1 aliphatic heterocycles. The van der Waals surface area contributed by atoms with E-state index in [9.17, 15) is 9.59 Å². The normalized spacial score (nSPS) is 16.2. The van der Waals surface area contributed by atoms with Crippen LogP contribution in [0, 0.1) is 20.8 Å². The number of carbonyl (C=O) groups is 2. The highest BCUT2D eigenvalue weighted by molar-refractivity contribution is 6.22. The van der Waals surface area contributed by atoms with Crippen LogP contribution in [0.15, 0.2) is 47.1 Å². The van der Waals surface area contributed by atoms with Gasteiger partial charge in [0.1, 0.15) is 0 Å². The van der Waals surface area contributed by atoms with Crippen molar-refractivity contribution < 1.29 is 14.3 Å². The molecule has 0 atom stereocenters. The lowest BCUT2D eigenvalue weighted by atomic mass is 9.93. The molecule has 1 aromatic carbocycles. The number of aromatic nitrogens is 1. The van der Waals surface area contributed by atoms with E-state index in [1.807, 2.05) is 52.8 Å². The number of hydrogen-bond acceptors (Lipinski definition) is 3. The van der Waals surface area contributed by atoms with E-state index in [4.69, 9.17) is 4.74 Å². The van der Waals surface area contributed by atoms with Crippen LogP contribution in [0.4, 0.5) is 0 Å². The molecule has 0 radical (unpaired) electrons. The highest BCUT2D eigenvalue weighted by atomic mass is 16.6. The standard InChI is InChI=1S/C22H23NO3/c1-12(2)18-20(22(25)26-21(18)24)14(4)19-13(3)15(5)23(16(19)6)17-10-8-7-9-11-17/h7-11H,1-6H3/b20-14+. The van der Waals surface area contributed by atoms with Crippen molar-refractivity contribution in [3.05, 3.63) is 69.6 Å². The number of carbonyl (C=O) groups excluding carboxylic acids is 2. The molecule has 1 saturated heterocycles. The number of allylic oxidation sites excluding steroid dienone is 2. The third-order valence-corrected chi connectivity index (χ3v) is 5.06. The maximum atomic E-state index is 12.4. The molecule has 26 heavy (non-hydrogen) atoms. The number of para-hydroxylation sites is 1. The summed E-state index contributed by atoms with van der Waals surface area (Å²) in [4.78, 5) is 24.5. The topological polar surface area (TPSA) is 48.3 Å². The molecule has 2 aromatic rings. The molecular weight excluding hydrogens is 326 g/mol. The lowest BCUT2D eigenvalue weighted by Crippen LogP contribution is -2.02. The second-order valence-corrected chi connectivity index (χ2v) is 6.89. The summed E-state index contributed by atoms with van der Waals surface area (Å²) >= 11 is 0. The smallest absolute Gasteiger partial charge is 0.347 e. The van der Waals surface area contributed by atoms with Crippen molar-refractivity contribution in [2.45, 2.75) is 41.5 Å². The summed E-state index contributed by atoms with van der Waals surface area (Å²) in [5.41, 5.74) is 7.64. The molecule has 4 heteroatoms. The van der Waals surface area contributed by atoms with Crippen molar-refractivity contribution in [3.63, 3.8) is 0 Å². The number of cyclic esters (lactones) is 2. The molecular formula is C22H23NO3. The van der Waals surface area contributed by atoms with E-state index in [-0.39, 0.29) is 0 Å². The highest BCUT2D eigenvalue weighted by Gasteiger charge is 2.37. The molecule has 0 saturated carbocycles. The van der Waals surface area contributed by atoms with Gasteiger partial charge in [0.2, 0.25) is 0 Å². The van der Waals surface area contributed by atoms with Gasteiger partial charge in [-0.25, -0.2) is 9.59 Å². The second-order valence-electron chi connectivity index (χ2n) is 6.89. The number of benzene rings is 1. The Kier molecular flexibility index (Phi) is 4.45. The first-order valence-corrected chi connectivity index (χ1v) is 8.65. The fourth-order valence-corrected chi connectivity index (χ4v) is 3.81. The highest BCUT2D eigenvalue weighted by Crippen LogP contribution is 2.37. The molecule has 1 aliphatic rings. The minimum absolute atomic E-state index is 0.381. The van der Waals surface area contributed by atoms with Crippen molar-refractivity contribution in [2.24, 2.45) is 0 Å². The predicted octanol–water partition coefficient (Wildman–Crippen LogP) is 4.60. The minimum atomic E-state index is -0.562. The van der Waals surface area contributed by atoms with Gasteiger partial charge < -0.3 is 9.30 Å². The van der Waals surface area contributed by atoms with Gasteiger partial charge in [0.15, 0.2) is 0 Å². The van der Waals surface area contributed by atoms with E-state index in [2.05, 4.69) is 23.6 Å². The van der Waals surface area contributed by atoms with Crippen LogP contribution in [-0.2, 0) is 14.3 Å². The number of rotatable bonds is 2. The number of ether oxygens (including phenoxy) is 1. The molecule has 4 nitrogen and oxygen atoms in total. The fraction of sp³-hybridized carbons (Fsp3) is 0.273. The van der Waals surface area contributed by atoms with Crippen LogP contribution >= 0.6 is 0 Å². The molecule has 0 aliphatic carbocycles. The Morgan fingerprint density at radius 1 is 0.846 bits per heavy atom. The largest absolute Gasteiger partial charge is 0.386 e. The van der Waals surface area contributed by atoms with Crippen LogP contribution in [-0.4, -0.2) is 16.5 Å². The lowest BCUT2D eigenvalue weighted by Gasteiger charge is -2.10. The van der Waals surface area contributed by atoms with Gasteiger partial charge in [-0.2, -0.15) is 0 Å². The summed E-state index contributed by atoms with van der Waals surface area (Å²) in [5.74, 6) is -1.12. The van der Waals surface area contributed by atoms with E-state index in [1.165, 1.54) is 0 Å². The first-order chi connectivity index (χ1) is 12.3. The second kappa shape index (κ2) is 6.45. The lowest BCUT2D eigenvalue weighted by molar-refractivity contribution is -0.149. The average Bonchev–Trinajstić information content (AvgIpc) is 3.01. The third kappa shape index (κ3) is 2.62. The molecule has 1 aromatic heterocycles. The maximum Gasteiger partial charge on any atom is 0.347 e. The van der Waals surface area contributed by atoms with Crippen LogP contribution in [0.1, 0.15) is 43.3 Å². The Hall–Kier alpha value is -2.88. The molecule has 2 heterocycles. The molecule has 1 fully saturated rings. The van der Waals surface area contributed by atoms with Gasteiger partial charge in [-0.15, -0.1) is 0 Å². The average molecular weight is 349 g/mol. The molecule has 0 N–H and O–H groups in total. The quantitative estimate of drug-likeness (QED) is 0.452. The van der Waals surface area contributed by atoms with Gasteiger partial charge >= 0.3 is 11.9 Å². The van der Waals surface area contributed by atoms with Crippen molar-refractivity contribution in [3.8, 4) is 5.69 Å². The molecule has 0 bridgehead atoms. The fourth-order valence-electron chi connectivity index (χ4n) is 3.81. The van der Waals surface area contributed by atoms with E-state index in [0.29, 0.717) is 11.1 Å². The first kappa shape index (κ1) is 17.9. The summed E-state index contributed by atoms with van der Waals surface area (Å²) in [6, 6.07) is 10.1. The molecule has 3 rings (SSSR count). The summed E-state index contributed by atoms with van der Waals surface area (Å²) < 4.78 is 7.07. The molecule has 0 unspecified atom stereocenters. The predicted molar refractivity (Wildman–Crippen MR) is 102 cm³/mol.